The summed E-state index contributed by atoms with van der Waals surface area (Å²) in [4.78, 5) is 52.3. The first-order chi connectivity index (χ1) is 36.6. The lowest BCUT2D eigenvalue weighted by molar-refractivity contribution is -0.135. The lowest BCUT2D eigenvalue weighted by Crippen LogP contribution is -2.08. The van der Waals surface area contributed by atoms with Crippen molar-refractivity contribution in [1.82, 2.24) is 15.0 Å². The van der Waals surface area contributed by atoms with Crippen LogP contribution in [0.1, 0.15) is 252 Å². The van der Waals surface area contributed by atoms with Gasteiger partial charge in [0.1, 0.15) is 34.5 Å². The zero-order valence-corrected chi connectivity index (χ0v) is 46.3. The highest BCUT2D eigenvalue weighted by Crippen LogP contribution is 2.38. The second-order valence-electron chi connectivity index (χ2n) is 20.6. The predicted octanol–water partition coefficient (Wildman–Crippen LogP) is 17.8. The van der Waals surface area contributed by atoms with E-state index in [-0.39, 0.29) is 106 Å². The molecule has 0 aliphatic carbocycles. The molecule has 0 saturated carbocycles. The minimum Gasteiger partial charge on any atom is -0.507 e. The number of hydrogen-bond donors (Lipinski definition) is 3. The van der Waals surface area contributed by atoms with Gasteiger partial charge in [-0.1, -0.05) is 213 Å². The molecule has 0 spiro atoms. The van der Waals surface area contributed by atoms with Gasteiger partial charge in [-0.05, 0) is 55.7 Å². The van der Waals surface area contributed by atoms with E-state index in [1.807, 2.05) is 0 Å². The third-order valence-electron chi connectivity index (χ3n) is 13.9. The smallest absolute Gasteiger partial charge is 0.311 e. The average Bonchev–Trinajstić information content (AvgIpc) is 3.39. The molecule has 12 nitrogen and oxygen atoms in total. The number of carbonyl (C=O) groups is 3. The largest absolute Gasteiger partial charge is 0.507 e. The van der Waals surface area contributed by atoms with Crippen molar-refractivity contribution in [3.63, 3.8) is 0 Å². The Hall–Kier alpha value is -5.52. The van der Waals surface area contributed by atoms with Gasteiger partial charge in [0, 0.05) is 37.5 Å². The number of hydrogen-bond acceptors (Lipinski definition) is 12. The highest BCUT2D eigenvalue weighted by atomic mass is 16.5. The normalized spacial score (nSPS) is 11.2. The molecule has 0 aliphatic heterocycles. The van der Waals surface area contributed by atoms with Crippen LogP contribution in [0.2, 0.25) is 0 Å². The molecule has 0 bridgehead atoms. The van der Waals surface area contributed by atoms with E-state index < -0.39 is 0 Å². The fraction of sp³-hybridized carbons (Fsp3) is 0.619. The minimum absolute atomic E-state index is 0.00454. The number of nitrogens with zero attached hydrogens (tertiary/aromatic N) is 3. The second kappa shape index (κ2) is 38.1. The molecule has 0 atom stereocenters. The van der Waals surface area contributed by atoms with Crippen molar-refractivity contribution in [1.29, 1.82) is 0 Å². The molecule has 1 aromatic heterocycles. The summed E-state index contributed by atoms with van der Waals surface area (Å²) in [6.45, 7) is 6.70. The van der Waals surface area contributed by atoms with Gasteiger partial charge in [0.25, 0.3) is 0 Å². The van der Waals surface area contributed by atoms with Crippen molar-refractivity contribution in [3.05, 3.63) is 54.6 Å². The summed E-state index contributed by atoms with van der Waals surface area (Å²) in [6, 6.07) is 13.2. The first-order valence-electron chi connectivity index (χ1n) is 29.5. The Morgan fingerprint density at radius 1 is 0.320 bits per heavy atom. The molecule has 3 aromatic carbocycles. The van der Waals surface area contributed by atoms with Gasteiger partial charge in [-0.2, -0.15) is 0 Å². The first-order valence-corrected chi connectivity index (χ1v) is 29.5. The van der Waals surface area contributed by atoms with E-state index in [9.17, 15) is 29.7 Å². The van der Waals surface area contributed by atoms with Crippen LogP contribution in [0, 0.1) is 0 Å². The first kappa shape index (κ1) is 62.0. The van der Waals surface area contributed by atoms with Gasteiger partial charge in [-0.15, -0.1) is 0 Å². The average molecular weight is 1040 g/mol. The summed E-state index contributed by atoms with van der Waals surface area (Å²) in [5, 5.41) is 34.0. The van der Waals surface area contributed by atoms with Crippen LogP contribution in [-0.4, -0.2) is 48.2 Å². The highest BCUT2D eigenvalue weighted by Gasteiger charge is 2.21. The number of aromatic nitrogens is 3. The molecule has 0 unspecified atom stereocenters. The molecule has 12 heteroatoms. The van der Waals surface area contributed by atoms with E-state index in [1.165, 1.54) is 190 Å². The Balaban J connectivity index is 1.41. The van der Waals surface area contributed by atoms with Crippen LogP contribution in [0.25, 0.3) is 34.2 Å². The second-order valence-corrected chi connectivity index (χ2v) is 20.6. The molecule has 0 saturated heterocycles. The number of ether oxygens (including phenoxy) is 3. The lowest BCUT2D eigenvalue weighted by Gasteiger charge is -2.13. The monoisotopic (exact) mass is 1040 g/mol. The van der Waals surface area contributed by atoms with Crippen LogP contribution in [-0.2, 0) is 14.4 Å². The number of phenolic OH excluding ortho intramolecular Hbond substituents is 3. The van der Waals surface area contributed by atoms with Gasteiger partial charge >= 0.3 is 17.9 Å². The molecule has 4 rings (SSSR count). The molecular weight excluding hydrogens is 943 g/mol. The van der Waals surface area contributed by atoms with E-state index in [4.69, 9.17) is 14.2 Å². The Kier molecular flexibility index (Phi) is 31.5. The van der Waals surface area contributed by atoms with Crippen LogP contribution >= 0.6 is 0 Å². The molecule has 0 aliphatic rings. The lowest BCUT2D eigenvalue weighted by atomic mass is 10.1. The Morgan fingerprint density at radius 2 is 0.520 bits per heavy atom. The maximum absolute atomic E-state index is 12.8. The van der Waals surface area contributed by atoms with Gasteiger partial charge < -0.3 is 29.5 Å². The standard InChI is InChI=1S/C63H93N3O9/c1-4-7-10-13-16-19-22-25-28-31-34-37-58(70)73-49-40-43-52(55(67)46-49)61-64-62(53-44-41-50(47-56(53)68)74-59(71)38-35-32-29-26-23-20-17-14-11-8-5-2)66-63(65-61)54-45-42-51(48-57(54)69)75-60(72)39-36-33-30-27-24-21-18-15-12-9-6-3/h40-48,67-69H,4-39H2,1-3H3. The van der Waals surface area contributed by atoms with Crippen LogP contribution in [0.15, 0.2) is 54.6 Å². The molecule has 75 heavy (non-hydrogen) atoms. The van der Waals surface area contributed by atoms with Crippen molar-refractivity contribution < 1.29 is 43.9 Å². The summed E-state index contributed by atoms with van der Waals surface area (Å²) in [5.41, 5.74) is 0.514. The number of aromatic hydroxyl groups is 3. The fourth-order valence-corrected chi connectivity index (χ4v) is 9.38. The van der Waals surface area contributed by atoms with E-state index >= 15 is 0 Å². The predicted molar refractivity (Wildman–Crippen MR) is 301 cm³/mol. The summed E-state index contributed by atoms with van der Waals surface area (Å²) >= 11 is 0. The van der Waals surface area contributed by atoms with E-state index in [2.05, 4.69) is 35.7 Å². The zero-order valence-electron chi connectivity index (χ0n) is 46.3. The van der Waals surface area contributed by atoms with Crippen LogP contribution in [0.4, 0.5) is 0 Å². The molecule has 414 valence electrons. The van der Waals surface area contributed by atoms with Crippen molar-refractivity contribution in [2.45, 2.75) is 252 Å². The summed E-state index contributed by atoms with van der Waals surface area (Å²) in [6.07, 6.45) is 39.5. The van der Waals surface area contributed by atoms with Gasteiger partial charge in [-0.25, -0.2) is 15.0 Å². The minimum atomic E-state index is -0.389. The number of benzene rings is 3. The quantitative estimate of drug-likeness (QED) is 0.0218. The van der Waals surface area contributed by atoms with Crippen LogP contribution in [0.5, 0.6) is 34.5 Å². The maximum atomic E-state index is 12.8. The molecule has 4 aromatic rings. The SMILES string of the molecule is CCCCCCCCCCCCCC(=O)Oc1ccc(-c2nc(-c3ccc(OC(=O)CCCCCCCCCCCCC)cc3O)nc(-c3ccc(OC(=O)CCCCCCCCCCCCC)cc3O)n2)c(O)c1. The Bertz CT molecular complexity index is 1990. The molecular formula is C63H93N3O9. The van der Waals surface area contributed by atoms with Crippen molar-refractivity contribution >= 4 is 17.9 Å². The third-order valence-corrected chi connectivity index (χ3v) is 13.9. The van der Waals surface area contributed by atoms with Gasteiger partial charge in [-0.3, -0.25) is 14.4 Å². The van der Waals surface area contributed by atoms with Gasteiger partial charge in [0.2, 0.25) is 0 Å². The number of rotatable bonds is 42. The molecule has 0 radical (unpaired) electrons. The van der Waals surface area contributed by atoms with E-state index in [0.717, 1.165) is 57.8 Å². The third kappa shape index (κ3) is 25.7. The van der Waals surface area contributed by atoms with Crippen LogP contribution in [0.3, 0.4) is 0 Å². The van der Waals surface area contributed by atoms with Crippen molar-refractivity contribution in [2.24, 2.45) is 0 Å². The van der Waals surface area contributed by atoms with Crippen LogP contribution < -0.4 is 14.2 Å². The van der Waals surface area contributed by atoms with Crippen molar-refractivity contribution in [3.8, 4) is 68.7 Å². The van der Waals surface area contributed by atoms with Crippen molar-refractivity contribution in [2.75, 3.05) is 0 Å². The maximum Gasteiger partial charge on any atom is 0.311 e. The summed E-state index contributed by atoms with van der Waals surface area (Å²) in [5.74, 6) is -1.50. The van der Waals surface area contributed by atoms with E-state index in [0.29, 0.717) is 0 Å². The molecule has 0 fully saturated rings. The topological polar surface area (TPSA) is 178 Å². The molecule has 1 heterocycles. The van der Waals surface area contributed by atoms with Gasteiger partial charge in [0.05, 0.1) is 16.7 Å². The Labute approximate surface area is 450 Å². The number of carbonyl (C=O) groups excluding carboxylic acids is 3. The number of esters is 3. The summed E-state index contributed by atoms with van der Waals surface area (Å²) in [7, 11) is 0. The van der Waals surface area contributed by atoms with E-state index in [1.54, 1.807) is 18.2 Å². The molecule has 3 N–H and O–H groups in total. The zero-order chi connectivity index (χ0) is 53.7. The fourth-order valence-electron chi connectivity index (χ4n) is 9.38. The number of phenols is 3. The number of unbranched alkanes of at least 4 members (excludes halogenated alkanes) is 30. The molecule has 0 amide bonds. The van der Waals surface area contributed by atoms with Gasteiger partial charge in [0.15, 0.2) is 17.5 Å². The highest BCUT2D eigenvalue weighted by molar-refractivity contribution is 5.78. The Morgan fingerprint density at radius 3 is 0.720 bits per heavy atom. The summed E-state index contributed by atoms with van der Waals surface area (Å²) < 4.78 is 16.8.